The highest BCUT2D eigenvalue weighted by atomic mass is 32.2. The minimum atomic E-state index is -0.153. The fourth-order valence-corrected chi connectivity index (χ4v) is 5.49. The third-order valence-electron chi connectivity index (χ3n) is 5.36. The van der Waals surface area contributed by atoms with Crippen molar-refractivity contribution in [1.29, 1.82) is 0 Å². The van der Waals surface area contributed by atoms with Gasteiger partial charge in [0.15, 0.2) is 15.9 Å². The lowest BCUT2D eigenvalue weighted by Crippen LogP contribution is -2.21. The average molecular weight is 488 g/mol. The molecule has 4 aromatic heterocycles. The summed E-state index contributed by atoms with van der Waals surface area (Å²) in [5, 5.41) is 12.9. The third-order valence-corrected chi connectivity index (χ3v) is 7.23. The maximum atomic E-state index is 13.4. The summed E-state index contributed by atoms with van der Waals surface area (Å²) in [6, 6.07) is 18.5. The number of ether oxygens (including phenoxy) is 1. The van der Waals surface area contributed by atoms with Gasteiger partial charge in [-0.2, -0.15) is 0 Å². The lowest BCUT2D eigenvalue weighted by molar-refractivity contribution is 0.414. The Bertz CT molecular complexity index is 1670. The number of hydrogen-bond donors (Lipinski definition) is 0. The van der Waals surface area contributed by atoms with Crippen LogP contribution in [0.1, 0.15) is 5.69 Å². The van der Waals surface area contributed by atoms with Crippen LogP contribution in [0.4, 0.5) is 0 Å². The fourth-order valence-electron chi connectivity index (χ4n) is 3.76. The minimum absolute atomic E-state index is 0.153. The van der Waals surface area contributed by atoms with Crippen LogP contribution in [-0.2, 0) is 5.75 Å². The van der Waals surface area contributed by atoms with Gasteiger partial charge in [0.05, 0.1) is 35.7 Å². The predicted octanol–water partition coefficient (Wildman–Crippen LogP) is 5.05. The van der Waals surface area contributed by atoms with E-state index in [4.69, 9.17) is 9.15 Å². The van der Waals surface area contributed by atoms with Crippen LogP contribution in [-0.4, -0.2) is 31.3 Å². The third kappa shape index (κ3) is 3.47. The molecular formula is C24H17N5O3S2. The number of nitrogens with zero attached hydrogens (tertiary/aromatic N) is 5. The van der Waals surface area contributed by atoms with Crippen LogP contribution in [0.5, 0.6) is 5.75 Å². The zero-order valence-electron chi connectivity index (χ0n) is 17.9. The van der Waals surface area contributed by atoms with Crippen molar-refractivity contribution in [3.8, 4) is 22.2 Å². The average Bonchev–Trinajstić information content (AvgIpc) is 3.64. The SMILES string of the molecule is COc1ccc(-n2c(=O)c3ccccc3n3c(SCc4csc(-c5ccco5)n4)nnc23)cc1. The van der Waals surface area contributed by atoms with Gasteiger partial charge in [0, 0.05) is 11.1 Å². The number of methoxy groups -OCH3 is 1. The van der Waals surface area contributed by atoms with E-state index in [0.717, 1.165) is 22.0 Å². The first kappa shape index (κ1) is 20.7. The number of para-hydroxylation sites is 1. The van der Waals surface area contributed by atoms with E-state index in [0.29, 0.717) is 33.5 Å². The number of rotatable bonds is 6. The molecule has 0 aliphatic carbocycles. The van der Waals surface area contributed by atoms with Crippen LogP contribution in [0, 0.1) is 0 Å². The lowest BCUT2D eigenvalue weighted by Gasteiger charge is -2.11. The molecule has 0 amide bonds. The van der Waals surface area contributed by atoms with E-state index in [-0.39, 0.29) is 5.56 Å². The predicted molar refractivity (Wildman–Crippen MR) is 132 cm³/mol. The maximum Gasteiger partial charge on any atom is 0.267 e. The number of thiazole rings is 1. The first-order valence-electron chi connectivity index (χ1n) is 10.4. The quantitative estimate of drug-likeness (QED) is 0.304. The Kier molecular flexibility index (Phi) is 5.16. The molecule has 168 valence electrons. The van der Waals surface area contributed by atoms with Crippen LogP contribution >= 0.6 is 23.1 Å². The maximum absolute atomic E-state index is 13.4. The first-order chi connectivity index (χ1) is 16.7. The Hall–Kier alpha value is -3.89. The topological polar surface area (TPSA) is 87.5 Å². The van der Waals surface area contributed by atoms with Crippen LogP contribution in [0.25, 0.3) is 33.1 Å². The Morgan fingerprint density at radius 1 is 1.06 bits per heavy atom. The molecule has 0 aliphatic heterocycles. The molecule has 4 heterocycles. The fraction of sp³-hybridized carbons (Fsp3) is 0.0833. The van der Waals surface area contributed by atoms with Crippen molar-refractivity contribution in [2.24, 2.45) is 0 Å². The minimum Gasteiger partial charge on any atom is -0.497 e. The van der Waals surface area contributed by atoms with Gasteiger partial charge < -0.3 is 9.15 Å². The number of fused-ring (bicyclic) bond motifs is 3. The van der Waals surface area contributed by atoms with E-state index in [1.807, 2.05) is 70.4 Å². The molecule has 0 saturated heterocycles. The first-order valence-corrected chi connectivity index (χ1v) is 12.2. The summed E-state index contributed by atoms with van der Waals surface area (Å²) >= 11 is 3.06. The zero-order valence-corrected chi connectivity index (χ0v) is 19.5. The van der Waals surface area contributed by atoms with E-state index in [9.17, 15) is 4.79 Å². The van der Waals surface area contributed by atoms with Gasteiger partial charge in [-0.1, -0.05) is 23.9 Å². The summed E-state index contributed by atoms with van der Waals surface area (Å²) < 4.78 is 14.2. The van der Waals surface area contributed by atoms with Gasteiger partial charge >= 0.3 is 0 Å². The molecule has 10 heteroatoms. The van der Waals surface area contributed by atoms with Crippen molar-refractivity contribution >= 4 is 39.8 Å². The van der Waals surface area contributed by atoms with Gasteiger partial charge in [-0.25, -0.2) is 9.55 Å². The van der Waals surface area contributed by atoms with E-state index in [2.05, 4.69) is 15.2 Å². The molecule has 0 radical (unpaired) electrons. The number of hydrogen-bond acceptors (Lipinski definition) is 8. The van der Waals surface area contributed by atoms with Crippen LogP contribution in [0.3, 0.4) is 0 Å². The molecule has 0 spiro atoms. The highest BCUT2D eigenvalue weighted by Crippen LogP contribution is 2.29. The Morgan fingerprint density at radius 3 is 2.71 bits per heavy atom. The smallest absolute Gasteiger partial charge is 0.267 e. The second kappa shape index (κ2) is 8.47. The number of benzene rings is 2. The summed E-state index contributed by atoms with van der Waals surface area (Å²) in [4.78, 5) is 18.1. The summed E-state index contributed by atoms with van der Waals surface area (Å²) in [7, 11) is 1.61. The summed E-state index contributed by atoms with van der Waals surface area (Å²) in [5.41, 5.74) is 2.22. The van der Waals surface area contributed by atoms with Gasteiger partial charge in [0.2, 0.25) is 5.78 Å². The second-order valence-electron chi connectivity index (χ2n) is 7.38. The molecule has 34 heavy (non-hydrogen) atoms. The summed E-state index contributed by atoms with van der Waals surface area (Å²) in [6.45, 7) is 0. The van der Waals surface area contributed by atoms with Gasteiger partial charge in [0.25, 0.3) is 5.56 Å². The Balaban J connectivity index is 1.44. The van der Waals surface area contributed by atoms with Crippen molar-refractivity contribution in [1.82, 2.24) is 24.1 Å². The molecule has 6 aromatic rings. The molecule has 0 atom stereocenters. The Labute approximate surface area is 201 Å². The summed E-state index contributed by atoms with van der Waals surface area (Å²) in [5.74, 6) is 2.52. The monoisotopic (exact) mass is 487 g/mol. The zero-order chi connectivity index (χ0) is 23.1. The molecule has 0 saturated carbocycles. The van der Waals surface area contributed by atoms with Gasteiger partial charge in [0.1, 0.15) is 5.75 Å². The molecule has 0 aliphatic rings. The number of furan rings is 1. The van der Waals surface area contributed by atoms with Crippen molar-refractivity contribution in [3.05, 3.63) is 88.4 Å². The van der Waals surface area contributed by atoms with Crippen molar-refractivity contribution in [2.45, 2.75) is 10.9 Å². The van der Waals surface area contributed by atoms with E-state index in [1.165, 1.54) is 23.1 Å². The van der Waals surface area contributed by atoms with Crippen molar-refractivity contribution in [2.75, 3.05) is 7.11 Å². The van der Waals surface area contributed by atoms with Crippen LogP contribution < -0.4 is 10.3 Å². The van der Waals surface area contributed by atoms with Gasteiger partial charge in [-0.3, -0.25) is 9.20 Å². The number of aromatic nitrogens is 5. The summed E-state index contributed by atoms with van der Waals surface area (Å²) in [6.07, 6.45) is 1.64. The molecule has 6 rings (SSSR count). The second-order valence-corrected chi connectivity index (χ2v) is 9.18. The standard InChI is InChI=1S/C24H17N5O3S2/c1-31-17-10-8-16(9-11-17)28-22(30)18-5-2-3-6-19(18)29-23(28)26-27-24(29)34-14-15-13-33-21(25-15)20-7-4-12-32-20/h2-13H,14H2,1H3. The largest absolute Gasteiger partial charge is 0.497 e. The normalized spacial score (nSPS) is 11.4. The number of thioether (sulfide) groups is 1. The van der Waals surface area contributed by atoms with Crippen LogP contribution in [0.2, 0.25) is 0 Å². The molecule has 0 N–H and O–H groups in total. The molecule has 0 bridgehead atoms. The van der Waals surface area contributed by atoms with E-state index < -0.39 is 0 Å². The molecular weight excluding hydrogens is 470 g/mol. The van der Waals surface area contributed by atoms with Crippen molar-refractivity contribution < 1.29 is 9.15 Å². The molecule has 2 aromatic carbocycles. The Morgan fingerprint density at radius 2 is 1.91 bits per heavy atom. The molecule has 0 fully saturated rings. The van der Waals surface area contributed by atoms with Gasteiger partial charge in [-0.05, 0) is 48.5 Å². The van der Waals surface area contributed by atoms with E-state index >= 15 is 0 Å². The van der Waals surface area contributed by atoms with E-state index in [1.54, 1.807) is 17.9 Å². The highest BCUT2D eigenvalue weighted by molar-refractivity contribution is 7.98. The van der Waals surface area contributed by atoms with Crippen molar-refractivity contribution in [3.63, 3.8) is 0 Å². The lowest BCUT2D eigenvalue weighted by atomic mass is 10.2. The molecule has 8 nitrogen and oxygen atoms in total. The molecule has 0 unspecified atom stereocenters. The van der Waals surface area contributed by atoms with Crippen LogP contribution in [0.15, 0.2) is 86.7 Å². The highest BCUT2D eigenvalue weighted by Gasteiger charge is 2.18. The van der Waals surface area contributed by atoms with Gasteiger partial charge in [-0.15, -0.1) is 21.5 Å².